The molecule has 0 aliphatic heterocycles. The molecule has 0 fully saturated rings. The molecule has 0 unspecified atom stereocenters. The molecule has 0 atom stereocenters. The molecular formula is C13H10Br2ClNO3S. The number of phenolic OH excluding ortho intramolecular Hbond substituents is 1. The van der Waals surface area contributed by atoms with Crippen LogP contribution in [0.25, 0.3) is 0 Å². The molecule has 2 aromatic carbocycles. The number of anilines is 1. The second-order valence-corrected chi connectivity index (χ2v) is 8.16. The van der Waals surface area contributed by atoms with Crippen LogP contribution in [0.1, 0.15) is 5.56 Å². The fourth-order valence-electron chi connectivity index (χ4n) is 1.70. The van der Waals surface area contributed by atoms with Crippen LogP contribution in [0.4, 0.5) is 5.69 Å². The molecule has 112 valence electrons. The third kappa shape index (κ3) is 3.71. The van der Waals surface area contributed by atoms with Gasteiger partial charge in [0.1, 0.15) is 10.6 Å². The van der Waals surface area contributed by atoms with Gasteiger partial charge < -0.3 is 5.11 Å². The lowest BCUT2D eigenvalue weighted by Crippen LogP contribution is -2.14. The van der Waals surface area contributed by atoms with Crippen molar-refractivity contribution in [3.63, 3.8) is 0 Å². The highest BCUT2D eigenvalue weighted by Gasteiger charge is 2.20. The van der Waals surface area contributed by atoms with E-state index in [4.69, 9.17) is 11.6 Å². The Kier molecular flexibility index (Phi) is 4.87. The highest BCUT2D eigenvalue weighted by atomic mass is 79.9. The minimum Gasteiger partial charge on any atom is -0.505 e. The molecule has 0 amide bonds. The highest BCUT2D eigenvalue weighted by molar-refractivity contribution is 9.11. The number of benzene rings is 2. The van der Waals surface area contributed by atoms with Crippen molar-refractivity contribution in [3.05, 3.63) is 49.9 Å². The first-order valence-corrected chi connectivity index (χ1v) is 9.12. The summed E-state index contributed by atoms with van der Waals surface area (Å²) in [4.78, 5) is 0.0499. The van der Waals surface area contributed by atoms with Gasteiger partial charge in [-0.3, -0.25) is 4.72 Å². The fourth-order valence-corrected chi connectivity index (χ4v) is 4.53. The average Bonchev–Trinajstić information content (AvgIpc) is 2.37. The lowest BCUT2D eigenvalue weighted by atomic mass is 10.2. The molecule has 0 spiro atoms. The van der Waals surface area contributed by atoms with Crippen LogP contribution < -0.4 is 4.72 Å². The highest BCUT2D eigenvalue weighted by Crippen LogP contribution is 2.34. The van der Waals surface area contributed by atoms with Crippen LogP contribution >= 0.6 is 43.5 Å². The molecule has 0 heterocycles. The first-order valence-electron chi connectivity index (χ1n) is 5.67. The molecule has 2 N–H and O–H groups in total. The maximum Gasteiger partial charge on any atom is 0.263 e. The summed E-state index contributed by atoms with van der Waals surface area (Å²) in [7, 11) is -3.87. The van der Waals surface area contributed by atoms with Crippen molar-refractivity contribution in [2.24, 2.45) is 0 Å². The predicted octanol–water partition coefficient (Wildman–Crippen LogP) is 4.68. The van der Waals surface area contributed by atoms with Gasteiger partial charge in [0.05, 0.1) is 5.69 Å². The smallest absolute Gasteiger partial charge is 0.263 e. The molecule has 0 aliphatic rings. The van der Waals surface area contributed by atoms with Gasteiger partial charge in [0, 0.05) is 14.0 Å². The number of halogens is 3. The summed E-state index contributed by atoms with van der Waals surface area (Å²) in [6.07, 6.45) is 0. The lowest BCUT2D eigenvalue weighted by Gasteiger charge is -2.13. The first-order chi connectivity index (χ1) is 9.70. The number of hydrogen-bond donors (Lipinski definition) is 2. The van der Waals surface area contributed by atoms with Crippen LogP contribution in [-0.2, 0) is 10.0 Å². The molecule has 0 radical (unpaired) electrons. The number of rotatable bonds is 3. The fraction of sp³-hybridized carbons (Fsp3) is 0.0769. The van der Waals surface area contributed by atoms with E-state index in [1.165, 1.54) is 12.1 Å². The molecule has 0 saturated carbocycles. The molecular weight excluding hydrogens is 445 g/mol. The van der Waals surface area contributed by atoms with Gasteiger partial charge in [0.25, 0.3) is 10.0 Å². The van der Waals surface area contributed by atoms with E-state index in [1.54, 1.807) is 25.1 Å². The third-order valence-electron chi connectivity index (χ3n) is 2.69. The zero-order valence-corrected chi connectivity index (χ0v) is 15.4. The van der Waals surface area contributed by atoms with Gasteiger partial charge >= 0.3 is 0 Å². The van der Waals surface area contributed by atoms with Crippen molar-refractivity contribution in [3.8, 4) is 5.75 Å². The molecule has 0 bridgehead atoms. The van der Waals surface area contributed by atoms with Crippen molar-refractivity contribution >= 4 is 59.2 Å². The Morgan fingerprint density at radius 1 is 1.19 bits per heavy atom. The number of hydrogen-bond acceptors (Lipinski definition) is 3. The Morgan fingerprint density at radius 3 is 2.52 bits per heavy atom. The zero-order valence-electron chi connectivity index (χ0n) is 10.7. The van der Waals surface area contributed by atoms with E-state index in [-0.39, 0.29) is 16.3 Å². The van der Waals surface area contributed by atoms with Gasteiger partial charge in [0.15, 0.2) is 0 Å². The average molecular weight is 456 g/mol. The Balaban J connectivity index is 2.50. The van der Waals surface area contributed by atoms with Crippen LogP contribution in [0.15, 0.2) is 44.2 Å². The first kappa shape index (κ1) is 16.6. The number of nitrogens with one attached hydrogen (secondary N) is 1. The van der Waals surface area contributed by atoms with Crippen LogP contribution in [-0.4, -0.2) is 13.5 Å². The van der Waals surface area contributed by atoms with E-state index in [2.05, 4.69) is 36.6 Å². The van der Waals surface area contributed by atoms with Gasteiger partial charge in [-0.1, -0.05) is 27.5 Å². The van der Waals surface area contributed by atoms with Gasteiger partial charge in [-0.15, -0.1) is 0 Å². The van der Waals surface area contributed by atoms with Gasteiger partial charge in [0.2, 0.25) is 0 Å². The summed E-state index contributed by atoms with van der Waals surface area (Å²) in [5.41, 5.74) is 0.514. The summed E-state index contributed by atoms with van der Waals surface area (Å²) in [5.74, 6) is -0.158. The predicted molar refractivity (Wildman–Crippen MR) is 90.5 cm³/mol. The lowest BCUT2D eigenvalue weighted by molar-refractivity contribution is 0.473. The monoisotopic (exact) mass is 453 g/mol. The van der Waals surface area contributed by atoms with E-state index in [0.29, 0.717) is 19.5 Å². The SMILES string of the molecule is Cc1cc(Cl)cc(NS(=O)(=O)c2cc(Br)ccc2Br)c1O. The van der Waals surface area contributed by atoms with Crippen LogP contribution in [0.3, 0.4) is 0 Å². The molecule has 4 nitrogen and oxygen atoms in total. The standard InChI is InChI=1S/C13H10Br2ClNO3S/c1-7-4-9(16)6-11(13(7)18)17-21(19,20)12-5-8(14)2-3-10(12)15/h2-6,17-18H,1H3. The maximum atomic E-state index is 12.4. The van der Waals surface area contributed by atoms with Crippen molar-refractivity contribution in [1.29, 1.82) is 0 Å². The Bertz CT molecular complexity index is 809. The molecule has 0 aromatic heterocycles. The second-order valence-electron chi connectivity index (χ2n) is 4.30. The largest absolute Gasteiger partial charge is 0.505 e. The Hall–Kier alpha value is -0.760. The van der Waals surface area contributed by atoms with Crippen LogP contribution in [0.5, 0.6) is 5.75 Å². The van der Waals surface area contributed by atoms with Gasteiger partial charge in [-0.05, 0) is 58.7 Å². The summed E-state index contributed by atoms with van der Waals surface area (Å²) < 4.78 is 28.2. The van der Waals surface area contributed by atoms with E-state index in [1.807, 2.05) is 0 Å². The number of sulfonamides is 1. The topological polar surface area (TPSA) is 66.4 Å². The Morgan fingerprint density at radius 2 is 1.86 bits per heavy atom. The maximum absolute atomic E-state index is 12.4. The van der Waals surface area contributed by atoms with E-state index in [0.717, 1.165) is 0 Å². The molecule has 8 heteroatoms. The van der Waals surface area contributed by atoms with Crippen LogP contribution in [0, 0.1) is 6.92 Å². The quantitative estimate of drug-likeness (QED) is 0.661. The van der Waals surface area contributed by atoms with E-state index in [9.17, 15) is 13.5 Å². The van der Waals surface area contributed by atoms with Crippen LogP contribution in [0.2, 0.25) is 5.02 Å². The summed E-state index contributed by atoms with van der Waals surface area (Å²) >= 11 is 12.3. The van der Waals surface area contributed by atoms with Gasteiger partial charge in [-0.25, -0.2) is 8.42 Å². The van der Waals surface area contributed by atoms with Gasteiger partial charge in [-0.2, -0.15) is 0 Å². The summed E-state index contributed by atoms with van der Waals surface area (Å²) in [6, 6.07) is 7.68. The second kappa shape index (κ2) is 6.16. The zero-order chi connectivity index (χ0) is 15.8. The third-order valence-corrected chi connectivity index (χ3v) is 5.76. The van der Waals surface area contributed by atoms with Crippen molar-refractivity contribution in [1.82, 2.24) is 0 Å². The van der Waals surface area contributed by atoms with E-state index < -0.39 is 10.0 Å². The molecule has 0 saturated heterocycles. The van der Waals surface area contributed by atoms with E-state index >= 15 is 0 Å². The normalized spacial score (nSPS) is 11.4. The van der Waals surface area contributed by atoms with Crippen molar-refractivity contribution in [2.75, 3.05) is 4.72 Å². The molecule has 21 heavy (non-hydrogen) atoms. The number of aryl methyl sites for hydroxylation is 1. The summed E-state index contributed by atoms with van der Waals surface area (Å²) in [5, 5.41) is 10.3. The summed E-state index contributed by atoms with van der Waals surface area (Å²) in [6.45, 7) is 1.63. The Labute approximate surface area is 144 Å². The van der Waals surface area contributed by atoms with Crippen molar-refractivity contribution in [2.45, 2.75) is 11.8 Å². The molecule has 2 aromatic rings. The minimum atomic E-state index is -3.87. The molecule has 0 aliphatic carbocycles. The number of phenols is 1. The molecule has 2 rings (SSSR count). The number of aromatic hydroxyl groups is 1. The minimum absolute atomic E-state index is 0.0341. The van der Waals surface area contributed by atoms with Crippen molar-refractivity contribution < 1.29 is 13.5 Å².